The van der Waals surface area contributed by atoms with E-state index >= 15 is 0 Å². The molecule has 1 aromatic rings. The molecule has 6 heteroatoms. The van der Waals surface area contributed by atoms with Gasteiger partial charge < -0.3 is 10.0 Å². The maximum Gasteiger partial charge on any atom is 0.323 e. The molecule has 0 aliphatic carbocycles. The second kappa shape index (κ2) is 5.29. The van der Waals surface area contributed by atoms with Crippen LogP contribution < -0.4 is 0 Å². The molecule has 1 N–H and O–H groups in total. The SMILES string of the molecule is CCCN(CC(=O)O)C(=O)c1cnn(C)c1. The summed E-state index contributed by atoms with van der Waals surface area (Å²) in [4.78, 5) is 23.8. The first-order valence-corrected chi connectivity index (χ1v) is 5.04. The fourth-order valence-corrected chi connectivity index (χ4v) is 1.40. The van der Waals surface area contributed by atoms with Gasteiger partial charge in [0.25, 0.3) is 5.91 Å². The lowest BCUT2D eigenvalue weighted by Gasteiger charge is -2.18. The average molecular weight is 225 g/mol. The summed E-state index contributed by atoms with van der Waals surface area (Å²) in [6, 6.07) is 0. The Bertz CT molecular complexity index is 386. The van der Waals surface area contributed by atoms with Crippen molar-refractivity contribution in [2.45, 2.75) is 13.3 Å². The van der Waals surface area contributed by atoms with Crippen LogP contribution in [0.2, 0.25) is 0 Å². The number of carbonyl (C=O) groups excluding carboxylic acids is 1. The van der Waals surface area contributed by atoms with Crippen molar-refractivity contribution in [3.8, 4) is 0 Å². The third-order valence-electron chi connectivity index (χ3n) is 2.06. The number of carboxylic acid groups (broad SMARTS) is 1. The average Bonchev–Trinajstić information content (AvgIpc) is 2.62. The van der Waals surface area contributed by atoms with Crippen LogP contribution >= 0.6 is 0 Å². The van der Waals surface area contributed by atoms with Crippen LogP contribution in [0.5, 0.6) is 0 Å². The van der Waals surface area contributed by atoms with Crippen molar-refractivity contribution in [3.05, 3.63) is 18.0 Å². The van der Waals surface area contributed by atoms with Crippen LogP contribution in [-0.4, -0.2) is 44.8 Å². The molecule has 0 aromatic carbocycles. The van der Waals surface area contributed by atoms with E-state index in [0.29, 0.717) is 12.1 Å². The summed E-state index contributed by atoms with van der Waals surface area (Å²) < 4.78 is 1.51. The number of carbonyl (C=O) groups is 2. The Morgan fingerprint density at radius 3 is 2.69 bits per heavy atom. The number of aryl methyl sites for hydroxylation is 1. The molecule has 1 aromatic heterocycles. The van der Waals surface area contributed by atoms with Crippen molar-refractivity contribution < 1.29 is 14.7 Å². The number of aromatic nitrogens is 2. The van der Waals surface area contributed by atoms with E-state index in [4.69, 9.17) is 5.11 Å². The molecule has 0 spiro atoms. The molecule has 0 unspecified atom stereocenters. The van der Waals surface area contributed by atoms with Gasteiger partial charge >= 0.3 is 5.97 Å². The van der Waals surface area contributed by atoms with E-state index in [1.807, 2.05) is 6.92 Å². The molecule has 1 rings (SSSR count). The second-order valence-electron chi connectivity index (χ2n) is 3.52. The fraction of sp³-hybridized carbons (Fsp3) is 0.500. The largest absolute Gasteiger partial charge is 0.480 e. The molecule has 0 saturated carbocycles. The van der Waals surface area contributed by atoms with Crippen molar-refractivity contribution in [1.29, 1.82) is 0 Å². The highest BCUT2D eigenvalue weighted by Gasteiger charge is 2.18. The molecule has 0 fully saturated rings. The lowest BCUT2D eigenvalue weighted by molar-refractivity contribution is -0.137. The zero-order valence-electron chi connectivity index (χ0n) is 9.38. The monoisotopic (exact) mass is 225 g/mol. The highest BCUT2D eigenvalue weighted by molar-refractivity contribution is 5.95. The van der Waals surface area contributed by atoms with Gasteiger partial charge in [-0.1, -0.05) is 6.92 Å². The molecule has 1 heterocycles. The summed E-state index contributed by atoms with van der Waals surface area (Å²) >= 11 is 0. The van der Waals surface area contributed by atoms with Gasteiger partial charge in [0.2, 0.25) is 0 Å². The van der Waals surface area contributed by atoms with E-state index in [-0.39, 0.29) is 12.5 Å². The number of carboxylic acids is 1. The lowest BCUT2D eigenvalue weighted by atomic mass is 10.3. The van der Waals surface area contributed by atoms with Crippen LogP contribution in [-0.2, 0) is 11.8 Å². The minimum absolute atomic E-state index is 0.276. The van der Waals surface area contributed by atoms with E-state index in [0.717, 1.165) is 6.42 Å². The normalized spacial score (nSPS) is 10.1. The topological polar surface area (TPSA) is 75.4 Å². The second-order valence-corrected chi connectivity index (χ2v) is 3.52. The molecule has 16 heavy (non-hydrogen) atoms. The Balaban J connectivity index is 2.78. The van der Waals surface area contributed by atoms with E-state index in [1.54, 1.807) is 13.2 Å². The van der Waals surface area contributed by atoms with Crippen LogP contribution in [0.15, 0.2) is 12.4 Å². The molecule has 0 atom stereocenters. The molecule has 0 aliphatic rings. The molecular formula is C10H15N3O3. The predicted octanol–water partition coefficient (Wildman–Crippen LogP) is 0.357. The first-order valence-electron chi connectivity index (χ1n) is 5.04. The van der Waals surface area contributed by atoms with Gasteiger partial charge in [-0.15, -0.1) is 0 Å². The maximum atomic E-state index is 11.9. The number of amides is 1. The summed E-state index contributed by atoms with van der Waals surface area (Å²) in [7, 11) is 1.71. The Morgan fingerprint density at radius 2 is 2.25 bits per heavy atom. The molecule has 6 nitrogen and oxygen atoms in total. The lowest BCUT2D eigenvalue weighted by Crippen LogP contribution is -2.36. The van der Waals surface area contributed by atoms with Crippen molar-refractivity contribution in [2.75, 3.05) is 13.1 Å². The van der Waals surface area contributed by atoms with E-state index in [2.05, 4.69) is 5.10 Å². The Labute approximate surface area is 93.5 Å². The number of aliphatic carboxylic acids is 1. The van der Waals surface area contributed by atoms with Gasteiger partial charge in [-0.25, -0.2) is 0 Å². The quantitative estimate of drug-likeness (QED) is 0.784. The standard InChI is InChI=1S/C10H15N3O3/c1-3-4-13(7-9(14)15)10(16)8-5-11-12(2)6-8/h5-6H,3-4,7H2,1-2H3,(H,14,15). The van der Waals surface area contributed by atoms with Gasteiger partial charge in [-0.2, -0.15) is 5.10 Å². The van der Waals surface area contributed by atoms with Gasteiger partial charge in [0.1, 0.15) is 6.54 Å². The van der Waals surface area contributed by atoms with Crippen molar-refractivity contribution >= 4 is 11.9 Å². The number of hydrogen-bond donors (Lipinski definition) is 1. The van der Waals surface area contributed by atoms with Crippen molar-refractivity contribution in [1.82, 2.24) is 14.7 Å². The predicted molar refractivity (Wildman–Crippen MR) is 57.0 cm³/mol. The summed E-state index contributed by atoms with van der Waals surface area (Å²) in [5, 5.41) is 12.6. The third kappa shape index (κ3) is 3.08. The fourth-order valence-electron chi connectivity index (χ4n) is 1.40. The van der Waals surface area contributed by atoms with E-state index < -0.39 is 5.97 Å². The Hall–Kier alpha value is -1.85. The first-order chi connectivity index (χ1) is 7.54. The first kappa shape index (κ1) is 12.2. The Kier molecular flexibility index (Phi) is 4.04. The molecule has 88 valence electrons. The highest BCUT2D eigenvalue weighted by atomic mass is 16.4. The van der Waals surface area contributed by atoms with Gasteiger partial charge in [0.15, 0.2) is 0 Å². The van der Waals surface area contributed by atoms with E-state index in [9.17, 15) is 9.59 Å². The number of hydrogen-bond acceptors (Lipinski definition) is 3. The summed E-state index contributed by atoms with van der Waals surface area (Å²) in [6.07, 6.45) is 3.74. The van der Waals surface area contributed by atoms with Crippen molar-refractivity contribution in [3.63, 3.8) is 0 Å². The van der Waals surface area contributed by atoms with Crippen molar-refractivity contribution in [2.24, 2.45) is 7.05 Å². The van der Waals surface area contributed by atoms with Gasteiger partial charge in [-0.05, 0) is 6.42 Å². The van der Waals surface area contributed by atoms with Crippen LogP contribution in [0.3, 0.4) is 0 Å². The highest BCUT2D eigenvalue weighted by Crippen LogP contribution is 2.04. The molecule has 1 amide bonds. The number of rotatable bonds is 5. The third-order valence-corrected chi connectivity index (χ3v) is 2.06. The molecular weight excluding hydrogens is 210 g/mol. The minimum atomic E-state index is -1.01. The van der Waals surface area contributed by atoms with Gasteiger partial charge in [-0.3, -0.25) is 14.3 Å². The molecule has 0 saturated heterocycles. The smallest absolute Gasteiger partial charge is 0.323 e. The summed E-state index contributed by atoms with van der Waals surface area (Å²) in [6.45, 7) is 2.05. The minimum Gasteiger partial charge on any atom is -0.480 e. The number of nitrogens with zero attached hydrogens (tertiary/aromatic N) is 3. The summed E-state index contributed by atoms with van der Waals surface area (Å²) in [5.41, 5.74) is 0.414. The van der Waals surface area contributed by atoms with Crippen LogP contribution in [0.1, 0.15) is 23.7 Å². The molecule has 0 radical (unpaired) electrons. The van der Waals surface area contributed by atoms with Gasteiger partial charge in [0.05, 0.1) is 11.8 Å². The summed E-state index contributed by atoms with van der Waals surface area (Å²) in [5.74, 6) is -1.30. The Morgan fingerprint density at radius 1 is 1.56 bits per heavy atom. The maximum absolute atomic E-state index is 11.9. The zero-order chi connectivity index (χ0) is 12.1. The van der Waals surface area contributed by atoms with Crippen LogP contribution in [0.4, 0.5) is 0 Å². The zero-order valence-corrected chi connectivity index (χ0v) is 9.38. The molecule has 0 bridgehead atoms. The van der Waals surface area contributed by atoms with E-state index in [1.165, 1.54) is 15.8 Å². The van der Waals surface area contributed by atoms with Crippen LogP contribution in [0.25, 0.3) is 0 Å². The molecule has 0 aliphatic heterocycles. The van der Waals surface area contributed by atoms with Crippen LogP contribution in [0, 0.1) is 0 Å². The van der Waals surface area contributed by atoms with Gasteiger partial charge in [0, 0.05) is 19.8 Å².